The minimum absolute atomic E-state index is 0.664. The van der Waals surface area contributed by atoms with Crippen molar-refractivity contribution in [2.75, 3.05) is 5.32 Å². The lowest BCUT2D eigenvalue weighted by atomic mass is 10.2. The SMILES string of the molecule is Cc1nc(-c2cccnc2)nc(Nc2cnn(C)c2)c1C. The molecule has 3 aromatic heterocycles. The Morgan fingerprint density at radius 3 is 2.67 bits per heavy atom. The fourth-order valence-corrected chi connectivity index (χ4v) is 2.00. The van der Waals surface area contributed by atoms with Crippen LogP contribution in [0.3, 0.4) is 0 Å². The Kier molecular flexibility index (Phi) is 3.35. The predicted molar refractivity (Wildman–Crippen MR) is 81.2 cm³/mol. The number of aromatic nitrogens is 5. The second-order valence-corrected chi connectivity index (χ2v) is 4.88. The molecule has 0 aliphatic rings. The number of hydrogen-bond donors (Lipinski definition) is 1. The van der Waals surface area contributed by atoms with E-state index in [9.17, 15) is 0 Å². The normalized spacial score (nSPS) is 10.6. The zero-order valence-electron chi connectivity index (χ0n) is 12.2. The maximum atomic E-state index is 4.61. The van der Waals surface area contributed by atoms with Crippen LogP contribution < -0.4 is 5.32 Å². The average molecular weight is 280 g/mol. The minimum Gasteiger partial charge on any atom is -0.337 e. The van der Waals surface area contributed by atoms with E-state index in [0.29, 0.717) is 5.82 Å². The molecule has 0 fully saturated rings. The monoisotopic (exact) mass is 280 g/mol. The van der Waals surface area contributed by atoms with E-state index in [-0.39, 0.29) is 0 Å². The Bertz CT molecular complexity index is 763. The standard InChI is InChI=1S/C15H16N6/c1-10-11(2)18-15(12-5-4-6-16-7-12)20-14(10)19-13-8-17-21(3)9-13/h4-9H,1-3H3,(H,18,19,20). The molecule has 0 aliphatic carbocycles. The van der Waals surface area contributed by atoms with E-state index in [1.165, 1.54) is 0 Å². The van der Waals surface area contributed by atoms with Crippen LogP contribution in [0.2, 0.25) is 0 Å². The third kappa shape index (κ3) is 2.74. The largest absolute Gasteiger partial charge is 0.337 e. The van der Waals surface area contributed by atoms with Crippen molar-refractivity contribution in [3.8, 4) is 11.4 Å². The van der Waals surface area contributed by atoms with Gasteiger partial charge in [0.15, 0.2) is 5.82 Å². The first-order valence-corrected chi connectivity index (χ1v) is 6.65. The van der Waals surface area contributed by atoms with Crippen LogP contribution in [0.1, 0.15) is 11.3 Å². The second kappa shape index (κ2) is 5.32. The van der Waals surface area contributed by atoms with E-state index in [0.717, 1.165) is 28.3 Å². The summed E-state index contributed by atoms with van der Waals surface area (Å²) >= 11 is 0. The van der Waals surface area contributed by atoms with Gasteiger partial charge in [-0.2, -0.15) is 5.10 Å². The van der Waals surface area contributed by atoms with Crippen LogP contribution in [0.4, 0.5) is 11.5 Å². The van der Waals surface area contributed by atoms with Crippen LogP contribution in [-0.2, 0) is 7.05 Å². The summed E-state index contributed by atoms with van der Waals surface area (Å²) in [6.45, 7) is 3.98. The Morgan fingerprint density at radius 1 is 1.14 bits per heavy atom. The van der Waals surface area contributed by atoms with E-state index >= 15 is 0 Å². The average Bonchev–Trinajstić information content (AvgIpc) is 2.90. The first-order chi connectivity index (χ1) is 10.1. The van der Waals surface area contributed by atoms with Gasteiger partial charge in [0.2, 0.25) is 0 Å². The van der Waals surface area contributed by atoms with Crippen molar-refractivity contribution in [1.82, 2.24) is 24.7 Å². The van der Waals surface area contributed by atoms with Crippen LogP contribution >= 0.6 is 0 Å². The Balaban J connectivity index is 2.02. The highest BCUT2D eigenvalue weighted by Gasteiger charge is 2.10. The van der Waals surface area contributed by atoms with Crippen LogP contribution in [-0.4, -0.2) is 24.7 Å². The van der Waals surface area contributed by atoms with Gasteiger partial charge < -0.3 is 5.32 Å². The highest BCUT2D eigenvalue weighted by molar-refractivity contribution is 5.63. The van der Waals surface area contributed by atoms with Gasteiger partial charge in [0.25, 0.3) is 0 Å². The van der Waals surface area contributed by atoms with Crippen LogP contribution in [0.5, 0.6) is 0 Å². The van der Waals surface area contributed by atoms with Crippen molar-refractivity contribution in [2.24, 2.45) is 7.05 Å². The molecule has 6 nitrogen and oxygen atoms in total. The van der Waals surface area contributed by atoms with Crippen molar-refractivity contribution in [3.05, 3.63) is 48.2 Å². The highest BCUT2D eigenvalue weighted by atomic mass is 15.3. The molecule has 0 atom stereocenters. The van der Waals surface area contributed by atoms with Crippen molar-refractivity contribution in [2.45, 2.75) is 13.8 Å². The van der Waals surface area contributed by atoms with Crippen molar-refractivity contribution >= 4 is 11.5 Å². The number of aryl methyl sites for hydroxylation is 2. The summed E-state index contributed by atoms with van der Waals surface area (Å²) in [7, 11) is 1.88. The summed E-state index contributed by atoms with van der Waals surface area (Å²) in [4.78, 5) is 13.3. The van der Waals surface area contributed by atoms with Gasteiger partial charge >= 0.3 is 0 Å². The zero-order chi connectivity index (χ0) is 14.8. The molecule has 3 aromatic rings. The van der Waals surface area contributed by atoms with Gasteiger partial charge in [0.1, 0.15) is 5.82 Å². The fourth-order valence-electron chi connectivity index (χ4n) is 2.00. The molecule has 0 aromatic carbocycles. The maximum absolute atomic E-state index is 4.61. The summed E-state index contributed by atoms with van der Waals surface area (Å²) in [5.74, 6) is 1.45. The van der Waals surface area contributed by atoms with Crippen LogP contribution in [0.15, 0.2) is 36.9 Å². The lowest BCUT2D eigenvalue weighted by Gasteiger charge is -2.11. The molecule has 1 N–H and O–H groups in total. The van der Waals surface area contributed by atoms with E-state index in [1.807, 2.05) is 39.2 Å². The Morgan fingerprint density at radius 2 is 2.00 bits per heavy atom. The number of rotatable bonds is 3. The van der Waals surface area contributed by atoms with Gasteiger partial charge in [-0.25, -0.2) is 9.97 Å². The fraction of sp³-hybridized carbons (Fsp3) is 0.200. The summed E-state index contributed by atoms with van der Waals surface area (Å²) in [6, 6.07) is 3.83. The molecule has 21 heavy (non-hydrogen) atoms. The summed E-state index contributed by atoms with van der Waals surface area (Å²) in [5, 5.41) is 7.44. The number of pyridine rings is 1. The van der Waals surface area contributed by atoms with Gasteiger partial charge in [-0.1, -0.05) is 0 Å². The number of hydrogen-bond acceptors (Lipinski definition) is 5. The topological polar surface area (TPSA) is 68.5 Å². The lowest BCUT2D eigenvalue weighted by Crippen LogP contribution is -2.02. The quantitative estimate of drug-likeness (QED) is 0.798. The van der Waals surface area contributed by atoms with Crippen LogP contribution in [0, 0.1) is 13.8 Å². The Hall–Kier alpha value is -2.76. The number of nitrogens with one attached hydrogen (secondary N) is 1. The predicted octanol–water partition coefficient (Wildman–Crippen LogP) is 2.63. The van der Waals surface area contributed by atoms with Crippen LogP contribution in [0.25, 0.3) is 11.4 Å². The molecule has 0 amide bonds. The summed E-state index contributed by atoms with van der Waals surface area (Å²) in [6.07, 6.45) is 7.17. The molecule has 0 unspecified atom stereocenters. The van der Waals surface area contributed by atoms with E-state index in [1.54, 1.807) is 23.3 Å². The summed E-state index contributed by atoms with van der Waals surface area (Å²) < 4.78 is 1.74. The van der Waals surface area contributed by atoms with Gasteiger partial charge in [0.05, 0.1) is 11.9 Å². The molecule has 0 spiro atoms. The second-order valence-electron chi connectivity index (χ2n) is 4.88. The molecule has 0 bridgehead atoms. The van der Waals surface area contributed by atoms with E-state index < -0.39 is 0 Å². The van der Waals surface area contributed by atoms with Gasteiger partial charge in [0, 0.05) is 42.5 Å². The van der Waals surface area contributed by atoms with E-state index in [2.05, 4.69) is 25.4 Å². The Labute approximate surface area is 122 Å². The van der Waals surface area contributed by atoms with Gasteiger partial charge in [-0.3, -0.25) is 9.67 Å². The molecule has 106 valence electrons. The molecule has 3 rings (SSSR count). The number of anilines is 2. The third-order valence-electron chi connectivity index (χ3n) is 3.28. The first kappa shape index (κ1) is 13.2. The lowest BCUT2D eigenvalue weighted by molar-refractivity contribution is 0.768. The smallest absolute Gasteiger partial charge is 0.163 e. The number of nitrogens with zero attached hydrogens (tertiary/aromatic N) is 5. The summed E-state index contributed by atoms with van der Waals surface area (Å²) in [5.41, 5.74) is 3.76. The molecule has 3 heterocycles. The maximum Gasteiger partial charge on any atom is 0.163 e. The molecule has 6 heteroatoms. The van der Waals surface area contributed by atoms with Crippen molar-refractivity contribution in [3.63, 3.8) is 0 Å². The molecule has 0 radical (unpaired) electrons. The molecular formula is C15H16N6. The van der Waals surface area contributed by atoms with Gasteiger partial charge in [-0.15, -0.1) is 0 Å². The van der Waals surface area contributed by atoms with Crippen molar-refractivity contribution < 1.29 is 0 Å². The zero-order valence-corrected chi connectivity index (χ0v) is 12.2. The molecule has 0 aliphatic heterocycles. The van der Waals surface area contributed by atoms with Crippen molar-refractivity contribution in [1.29, 1.82) is 0 Å². The molecular weight excluding hydrogens is 264 g/mol. The van der Waals surface area contributed by atoms with E-state index in [4.69, 9.17) is 0 Å². The molecule has 0 saturated heterocycles. The van der Waals surface area contributed by atoms with Gasteiger partial charge in [-0.05, 0) is 26.0 Å². The minimum atomic E-state index is 0.664. The first-order valence-electron chi connectivity index (χ1n) is 6.65. The highest BCUT2D eigenvalue weighted by Crippen LogP contribution is 2.23. The molecule has 0 saturated carbocycles. The third-order valence-corrected chi connectivity index (χ3v) is 3.28.